The normalized spacial score (nSPS) is 20.9. The Bertz CT molecular complexity index is 1200. The van der Waals surface area contributed by atoms with Gasteiger partial charge in [-0.2, -0.15) is 0 Å². The highest BCUT2D eigenvalue weighted by molar-refractivity contribution is 9.10. The van der Waals surface area contributed by atoms with E-state index in [1.54, 1.807) is 11.8 Å². The van der Waals surface area contributed by atoms with Crippen molar-refractivity contribution in [2.75, 3.05) is 32.9 Å². The van der Waals surface area contributed by atoms with Crippen LogP contribution >= 0.6 is 27.3 Å². The Morgan fingerprint density at radius 2 is 2.14 bits per heavy atom. The van der Waals surface area contributed by atoms with Gasteiger partial charge in [-0.3, -0.25) is 14.7 Å². The van der Waals surface area contributed by atoms with Crippen LogP contribution in [0, 0.1) is 13.8 Å². The molecule has 2 aliphatic rings. The number of hydrogen-bond acceptors (Lipinski definition) is 10. The van der Waals surface area contributed by atoms with Gasteiger partial charge in [0.05, 0.1) is 25.4 Å². The number of carbonyl (C=O) groups is 2. The number of aliphatic imine (C=N–C) groups is 1. The van der Waals surface area contributed by atoms with E-state index >= 15 is 0 Å². The number of aryl methyl sites for hydroxylation is 2. The highest BCUT2D eigenvalue weighted by Crippen LogP contribution is 2.37. The van der Waals surface area contributed by atoms with Crippen LogP contribution in [0.1, 0.15) is 34.1 Å². The van der Waals surface area contributed by atoms with Gasteiger partial charge in [0.2, 0.25) is 0 Å². The van der Waals surface area contributed by atoms with Crippen molar-refractivity contribution in [3.8, 4) is 0 Å². The largest absolute Gasteiger partial charge is 0.480 e. The van der Waals surface area contributed by atoms with Gasteiger partial charge < -0.3 is 19.9 Å². The van der Waals surface area contributed by atoms with Crippen molar-refractivity contribution < 1.29 is 24.2 Å². The third kappa shape index (κ3) is 5.61. The molecule has 2 unspecified atom stereocenters. The molecular formula is C23H26BrN5O5S. The Labute approximate surface area is 215 Å². The Morgan fingerprint density at radius 3 is 2.80 bits per heavy atom. The van der Waals surface area contributed by atoms with Gasteiger partial charge in [-0.15, -0.1) is 10.2 Å². The molecule has 35 heavy (non-hydrogen) atoms. The lowest BCUT2D eigenvalue weighted by Crippen LogP contribution is -2.52. The molecule has 10 nitrogen and oxygen atoms in total. The number of nitrogens with zero attached hydrogens (tertiary/aromatic N) is 4. The third-order valence-electron chi connectivity index (χ3n) is 5.69. The summed E-state index contributed by atoms with van der Waals surface area (Å²) < 4.78 is 11.6. The number of halogens is 1. The number of carbonyl (C=O) groups excluding carboxylic acids is 1. The number of aromatic nitrogens is 2. The average Bonchev–Trinajstić information content (AvgIpc) is 3.25. The Kier molecular flexibility index (Phi) is 7.95. The zero-order chi connectivity index (χ0) is 25.1. The van der Waals surface area contributed by atoms with Crippen LogP contribution in [0.25, 0.3) is 0 Å². The first-order valence-electron chi connectivity index (χ1n) is 11.1. The van der Waals surface area contributed by atoms with Crippen LogP contribution in [-0.2, 0) is 19.1 Å². The van der Waals surface area contributed by atoms with Crippen molar-refractivity contribution in [1.82, 2.24) is 20.4 Å². The molecule has 1 saturated heterocycles. The van der Waals surface area contributed by atoms with Crippen molar-refractivity contribution in [1.29, 1.82) is 0 Å². The maximum absolute atomic E-state index is 13.3. The summed E-state index contributed by atoms with van der Waals surface area (Å²) in [5.41, 5.74) is 2.69. The molecule has 1 fully saturated rings. The number of aliphatic carboxylic acids is 1. The number of esters is 1. The van der Waals surface area contributed by atoms with Crippen LogP contribution in [0.3, 0.4) is 0 Å². The van der Waals surface area contributed by atoms with Crippen LogP contribution in [0.5, 0.6) is 0 Å². The molecule has 3 heterocycles. The van der Waals surface area contributed by atoms with Crippen LogP contribution in [0.2, 0.25) is 0 Å². The SMILES string of the molecule is CCOC(=O)C1=C(CN2CCOCC2C(=O)O)NC(c2nnc(C)s2)=NC1c1ccc(C)cc1Br. The van der Waals surface area contributed by atoms with Gasteiger partial charge in [-0.1, -0.05) is 39.4 Å². The van der Waals surface area contributed by atoms with E-state index in [9.17, 15) is 14.7 Å². The first kappa shape index (κ1) is 25.4. The molecule has 0 saturated carbocycles. The molecule has 2 atom stereocenters. The second kappa shape index (κ2) is 10.9. The highest BCUT2D eigenvalue weighted by Gasteiger charge is 2.37. The summed E-state index contributed by atoms with van der Waals surface area (Å²) >= 11 is 5.01. The molecule has 0 spiro atoms. The van der Waals surface area contributed by atoms with E-state index in [0.29, 0.717) is 35.3 Å². The van der Waals surface area contributed by atoms with Crippen molar-refractivity contribution in [2.45, 2.75) is 32.9 Å². The van der Waals surface area contributed by atoms with E-state index < -0.39 is 24.0 Å². The van der Waals surface area contributed by atoms with Crippen molar-refractivity contribution >= 4 is 45.0 Å². The fourth-order valence-corrected chi connectivity index (χ4v) is 5.36. The lowest BCUT2D eigenvalue weighted by molar-refractivity contribution is -0.149. The minimum absolute atomic E-state index is 0.0703. The fourth-order valence-electron chi connectivity index (χ4n) is 4.01. The van der Waals surface area contributed by atoms with Gasteiger partial charge in [-0.25, -0.2) is 4.79 Å². The zero-order valence-corrected chi connectivity index (χ0v) is 22.0. The number of ether oxygens (including phenoxy) is 2. The first-order chi connectivity index (χ1) is 16.8. The Hall–Kier alpha value is -2.67. The summed E-state index contributed by atoms with van der Waals surface area (Å²) in [5, 5.41) is 22.7. The quantitative estimate of drug-likeness (QED) is 0.488. The maximum atomic E-state index is 13.3. The van der Waals surface area contributed by atoms with E-state index in [1.165, 1.54) is 11.3 Å². The molecular weight excluding hydrogens is 538 g/mol. The minimum atomic E-state index is -0.981. The van der Waals surface area contributed by atoms with Gasteiger partial charge >= 0.3 is 11.9 Å². The predicted octanol–water partition coefficient (Wildman–Crippen LogP) is 2.61. The summed E-state index contributed by atoms with van der Waals surface area (Å²) in [7, 11) is 0. The minimum Gasteiger partial charge on any atom is -0.480 e. The number of carboxylic acid groups (broad SMARTS) is 1. The van der Waals surface area contributed by atoms with E-state index in [1.807, 2.05) is 32.0 Å². The summed E-state index contributed by atoms with van der Waals surface area (Å²) in [6.07, 6.45) is 0. The Balaban J connectivity index is 1.84. The van der Waals surface area contributed by atoms with E-state index in [4.69, 9.17) is 14.5 Å². The molecule has 0 radical (unpaired) electrons. The summed E-state index contributed by atoms with van der Waals surface area (Å²) in [5.74, 6) is -1.02. The van der Waals surface area contributed by atoms with E-state index in [-0.39, 0.29) is 19.8 Å². The number of amidine groups is 1. The van der Waals surface area contributed by atoms with Gasteiger partial charge in [0.1, 0.15) is 17.1 Å². The molecule has 1 aromatic heterocycles. The first-order valence-corrected chi connectivity index (χ1v) is 12.8. The smallest absolute Gasteiger partial charge is 0.338 e. The number of carboxylic acids is 1. The van der Waals surface area contributed by atoms with Gasteiger partial charge in [-0.05, 0) is 38.0 Å². The molecule has 0 bridgehead atoms. The molecule has 4 rings (SSSR count). The van der Waals surface area contributed by atoms with Gasteiger partial charge in [0, 0.05) is 23.3 Å². The Morgan fingerprint density at radius 1 is 1.34 bits per heavy atom. The van der Waals surface area contributed by atoms with Crippen LogP contribution in [0.15, 0.2) is 38.9 Å². The van der Waals surface area contributed by atoms with Crippen molar-refractivity contribution in [3.05, 3.63) is 55.1 Å². The fraction of sp³-hybridized carbons (Fsp3) is 0.435. The number of rotatable bonds is 7. The van der Waals surface area contributed by atoms with Gasteiger partial charge in [0.15, 0.2) is 10.8 Å². The summed E-state index contributed by atoms with van der Waals surface area (Å²) in [4.78, 5) is 31.8. The summed E-state index contributed by atoms with van der Waals surface area (Å²) in [6.45, 7) is 6.81. The topological polar surface area (TPSA) is 126 Å². The average molecular weight is 564 g/mol. The number of nitrogens with one attached hydrogen (secondary N) is 1. The van der Waals surface area contributed by atoms with Gasteiger partial charge in [0.25, 0.3) is 0 Å². The van der Waals surface area contributed by atoms with Crippen LogP contribution < -0.4 is 5.32 Å². The molecule has 0 aliphatic carbocycles. The summed E-state index contributed by atoms with van der Waals surface area (Å²) in [6, 6.07) is 4.32. The van der Waals surface area contributed by atoms with Crippen molar-refractivity contribution in [2.24, 2.45) is 4.99 Å². The molecule has 2 aromatic rings. The van der Waals surface area contributed by atoms with Crippen LogP contribution in [-0.4, -0.2) is 76.9 Å². The number of morpholine rings is 1. The monoisotopic (exact) mass is 563 g/mol. The molecule has 2 aliphatic heterocycles. The third-order valence-corrected chi connectivity index (χ3v) is 7.22. The van der Waals surface area contributed by atoms with Crippen molar-refractivity contribution in [3.63, 3.8) is 0 Å². The molecule has 12 heteroatoms. The highest BCUT2D eigenvalue weighted by atomic mass is 79.9. The molecule has 186 valence electrons. The van der Waals surface area contributed by atoms with Crippen LogP contribution in [0.4, 0.5) is 0 Å². The number of benzene rings is 1. The van der Waals surface area contributed by atoms with E-state index in [0.717, 1.165) is 20.6 Å². The molecule has 0 amide bonds. The standard InChI is InChI=1S/C23H26BrN5O5S/c1-4-34-23(32)18-16(10-29-7-8-33-11-17(29)22(30)31)25-20(21-28-27-13(3)35-21)26-19(18)14-6-5-12(2)9-15(14)24/h5-6,9,17,19H,4,7-8,10-11H2,1-3H3,(H,25,26)(H,30,31). The lowest BCUT2D eigenvalue weighted by atomic mass is 9.94. The molecule has 2 N–H and O–H groups in total. The zero-order valence-electron chi connectivity index (χ0n) is 19.6. The predicted molar refractivity (Wildman–Crippen MR) is 133 cm³/mol. The second-order valence-corrected chi connectivity index (χ2v) is 10.2. The lowest BCUT2D eigenvalue weighted by Gasteiger charge is -2.35. The second-order valence-electron chi connectivity index (χ2n) is 8.17. The maximum Gasteiger partial charge on any atom is 0.338 e. The van der Waals surface area contributed by atoms with E-state index in [2.05, 4.69) is 31.4 Å². The molecule has 1 aromatic carbocycles. The number of hydrogen-bond donors (Lipinski definition) is 2.